The second kappa shape index (κ2) is 4.47. The van der Waals surface area contributed by atoms with Gasteiger partial charge in [0, 0.05) is 18.7 Å². The van der Waals surface area contributed by atoms with Crippen molar-refractivity contribution in [2.45, 2.75) is 20.4 Å². The number of amides is 1. The van der Waals surface area contributed by atoms with Gasteiger partial charge in [-0.1, -0.05) is 19.8 Å². The van der Waals surface area contributed by atoms with Gasteiger partial charge < -0.3 is 5.73 Å². The average molecular weight is 191 g/mol. The normalized spacial score (nSPS) is 9.64. The van der Waals surface area contributed by atoms with Crippen LogP contribution in [0.2, 0.25) is 0 Å². The minimum Gasteiger partial charge on any atom is -0.359 e. The molecule has 0 aliphatic carbocycles. The number of carbonyl (C=O) groups excluding carboxylic acids is 1. The van der Waals surface area contributed by atoms with Crippen molar-refractivity contribution < 1.29 is 4.79 Å². The molecule has 74 valence electrons. The van der Waals surface area contributed by atoms with Crippen molar-refractivity contribution in [2.24, 2.45) is 11.7 Å². The summed E-state index contributed by atoms with van der Waals surface area (Å²) in [7, 11) is 0. The van der Waals surface area contributed by atoms with Crippen LogP contribution in [-0.2, 0) is 11.3 Å². The molecule has 0 spiro atoms. The van der Waals surface area contributed by atoms with Gasteiger partial charge in [0.15, 0.2) is 0 Å². The van der Waals surface area contributed by atoms with Crippen molar-refractivity contribution in [2.75, 3.05) is 0 Å². The number of nitrogens with zero attached hydrogens (tertiary/aromatic N) is 2. The van der Waals surface area contributed by atoms with Crippen molar-refractivity contribution >= 4 is 5.91 Å². The van der Waals surface area contributed by atoms with Crippen molar-refractivity contribution in [1.82, 2.24) is 9.78 Å². The third-order valence-electron chi connectivity index (χ3n) is 1.52. The van der Waals surface area contributed by atoms with E-state index in [2.05, 4.69) is 30.8 Å². The molecule has 4 heteroatoms. The fraction of sp³-hybridized carbons (Fsp3) is 0.400. The maximum Gasteiger partial charge on any atom is 0.293 e. The highest BCUT2D eigenvalue weighted by atomic mass is 16.1. The van der Waals surface area contributed by atoms with E-state index in [4.69, 9.17) is 5.73 Å². The Morgan fingerprint density at radius 3 is 3.00 bits per heavy atom. The van der Waals surface area contributed by atoms with E-state index in [9.17, 15) is 4.79 Å². The van der Waals surface area contributed by atoms with E-state index in [0.29, 0.717) is 11.5 Å². The molecule has 0 fully saturated rings. The summed E-state index contributed by atoms with van der Waals surface area (Å²) < 4.78 is 1.80. The lowest BCUT2D eigenvalue weighted by molar-refractivity contribution is -0.112. The maximum atomic E-state index is 10.4. The quantitative estimate of drug-likeness (QED) is 0.687. The Labute approximate surface area is 83.1 Å². The number of rotatable bonds is 2. The molecule has 1 aromatic rings. The largest absolute Gasteiger partial charge is 0.359 e. The van der Waals surface area contributed by atoms with E-state index in [1.807, 2.05) is 0 Å². The van der Waals surface area contributed by atoms with Crippen LogP contribution in [0, 0.1) is 17.8 Å². The van der Waals surface area contributed by atoms with Gasteiger partial charge in [-0.25, -0.2) is 0 Å². The molecule has 0 aromatic carbocycles. The highest BCUT2D eigenvalue weighted by molar-refractivity contribution is 5.92. The van der Waals surface area contributed by atoms with Crippen LogP contribution in [0.3, 0.4) is 0 Å². The van der Waals surface area contributed by atoms with Gasteiger partial charge in [-0.2, -0.15) is 5.10 Å². The first kappa shape index (κ1) is 10.3. The SMILES string of the molecule is CC(C)Cn1cc(C#CC(N)=O)cn1. The molecule has 1 rings (SSSR count). The fourth-order valence-electron chi connectivity index (χ4n) is 1.04. The van der Waals surface area contributed by atoms with Crippen LogP contribution in [-0.4, -0.2) is 15.7 Å². The number of carbonyl (C=O) groups is 1. The number of hydrogen-bond donors (Lipinski definition) is 1. The molecule has 1 amide bonds. The van der Waals surface area contributed by atoms with Gasteiger partial charge in [0.25, 0.3) is 5.91 Å². The Balaban J connectivity index is 2.70. The van der Waals surface area contributed by atoms with E-state index in [-0.39, 0.29) is 0 Å². The highest BCUT2D eigenvalue weighted by Crippen LogP contribution is 2.00. The minimum atomic E-state index is -0.624. The molecule has 2 N–H and O–H groups in total. The molecular weight excluding hydrogens is 178 g/mol. The summed E-state index contributed by atoms with van der Waals surface area (Å²) in [6, 6.07) is 0. The lowest BCUT2D eigenvalue weighted by Crippen LogP contribution is -2.06. The number of primary amides is 1. The molecule has 14 heavy (non-hydrogen) atoms. The maximum absolute atomic E-state index is 10.4. The third kappa shape index (κ3) is 3.31. The van der Waals surface area contributed by atoms with Crippen LogP contribution < -0.4 is 5.73 Å². The van der Waals surface area contributed by atoms with Crippen LogP contribution in [0.5, 0.6) is 0 Å². The van der Waals surface area contributed by atoms with Gasteiger partial charge in [-0.3, -0.25) is 9.48 Å². The smallest absolute Gasteiger partial charge is 0.293 e. The molecule has 0 unspecified atom stereocenters. The third-order valence-corrected chi connectivity index (χ3v) is 1.52. The summed E-state index contributed by atoms with van der Waals surface area (Å²) in [6.07, 6.45) is 3.42. The standard InChI is InChI=1S/C10H13N3O/c1-8(2)6-13-7-9(5-12-13)3-4-10(11)14/h5,7-8H,6H2,1-2H3,(H2,11,14). The van der Waals surface area contributed by atoms with Crippen molar-refractivity contribution in [3.05, 3.63) is 18.0 Å². The molecule has 0 saturated carbocycles. The minimum absolute atomic E-state index is 0.534. The summed E-state index contributed by atoms with van der Waals surface area (Å²) in [5, 5.41) is 4.10. The number of nitrogens with two attached hydrogens (primary N) is 1. The number of aromatic nitrogens is 2. The van der Waals surface area contributed by atoms with Crippen LogP contribution in [0.4, 0.5) is 0 Å². The molecule has 4 nitrogen and oxygen atoms in total. The Morgan fingerprint density at radius 1 is 1.71 bits per heavy atom. The Hall–Kier alpha value is -1.76. The molecule has 0 bridgehead atoms. The summed E-state index contributed by atoms with van der Waals surface area (Å²) in [5.41, 5.74) is 5.60. The first-order valence-electron chi connectivity index (χ1n) is 4.42. The topological polar surface area (TPSA) is 60.9 Å². The van der Waals surface area contributed by atoms with Gasteiger partial charge in [0.05, 0.1) is 11.8 Å². The summed E-state index contributed by atoms with van der Waals surface area (Å²) in [5.74, 6) is 4.80. The molecule has 0 radical (unpaired) electrons. The molecular formula is C10H13N3O. The van der Waals surface area contributed by atoms with Gasteiger partial charge in [-0.15, -0.1) is 0 Å². The van der Waals surface area contributed by atoms with Gasteiger partial charge in [0.2, 0.25) is 0 Å². The highest BCUT2D eigenvalue weighted by Gasteiger charge is 1.98. The zero-order chi connectivity index (χ0) is 10.6. The van der Waals surface area contributed by atoms with Gasteiger partial charge >= 0.3 is 0 Å². The van der Waals surface area contributed by atoms with Crippen molar-refractivity contribution in [1.29, 1.82) is 0 Å². The van der Waals surface area contributed by atoms with Gasteiger partial charge in [0.1, 0.15) is 0 Å². The first-order chi connectivity index (χ1) is 6.58. The van der Waals surface area contributed by atoms with Crippen molar-refractivity contribution in [3.63, 3.8) is 0 Å². The Morgan fingerprint density at radius 2 is 2.43 bits per heavy atom. The predicted octanol–water partition coefficient (Wildman–Crippen LogP) is 0.376. The van der Waals surface area contributed by atoms with E-state index in [1.54, 1.807) is 17.1 Å². The van der Waals surface area contributed by atoms with E-state index in [1.165, 1.54) is 0 Å². The van der Waals surface area contributed by atoms with E-state index < -0.39 is 5.91 Å². The van der Waals surface area contributed by atoms with E-state index in [0.717, 1.165) is 6.54 Å². The molecule has 0 saturated heterocycles. The molecule has 1 heterocycles. The molecule has 1 aromatic heterocycles. The molecule has 0 aliphatic heterocycles. The van der Waals surface area contributed by atoms with Crippen LogP contribution in [0.15, 0.2) is 12.4 Å². The Bertz CT molecular complexity index is 382. The van der Waals surface area contributed by atoms with Gasteiger partial charge in [-0.05, 0) is 5.92 Å². The van der Waals surface area contributed by atoms with Crippen LogP contribution in [0.25, 0.3) is 0 Å². The zero-order valence-corrected chi connectivity index (χ0v) is 8.32. The lowest BCUT2D eigenvalue weighted by atomic mass is 10.2. The summed E-state index contributed by atoms with van der Waals surface area (Å²) in [6.45, 7) is 5.06. The molecule has 0 aliphatic rings. The second-order valence-corrected chi connectivity index (χ2v) is 3.46. The second-order valence-electron chi connectivity index (χ2n) is 3.46. The predicted molar refractivity (Wildman–Crippen MR) is 53.1 cm³/mol. The van der Waals surface area contributed by atoms with Crippen LogP contribution >= 0.6 is 0 Å². The zero-order valence-electron chi connectivity index (χ0n) is 8.32. The van der Waals surface area contributed by atoms with E-state index >= 15 is 0 Å². The van der Waals surface area contributed by atoms with Crippen molar-refractivity contribution in [3.8, 4) is 11.8 Å². The average Bonchev–Trinajstić information content (AvgIpc) is 2.47. The summed E-state index contributed by atoms with van der Waals surface area (Å²) in [4.78, 5) is 10.4. The lowest BCUT2D eigenvalue weighted by Gasteiger charge is -2.02. The first-order valence-corrected chi connectivity index (χ1v) is 4.42. The molecule has 0 atom stereocenters. The number of hydrogen-bond acceptors (Lipinski definition) is 2. The monoisotopic (exact) mass is 191 g/mol. The summed E-state index contributed by atoms with van der Waals surface area (Å²) >= 11 is 0. The Kier molecular flexibility index (Phi) is 3.29. The van der Waals surface area contributed by atoms with Crippen LogP contribution in [0.1, 0.15) is 19.4 Å². The fourth-order valence-corrected chi connectivity index (χ4v) is 1.04.